The molecule has 9 heteroatoms. The lowest BCUT2D eigenvalue weighted by molar-refractivity contribution is -0.114. The number of carbonyl (C=O) groups excluding carboxylic acids is 1. The van der Waals surface area contributed by atoms with Crippen LogP contribution in [0.15, 0.2) is 48.5 Å². The van der Waals surface area contributed by atoms with Gasteiger partial charge in [-0.05, 0) is 42.9 Å². The van der Waals surface area contributed by atoms with Crippen molar-refractivity contribution >= 4 is 27.5 Å². The molecule has 2 aromatic carbocycles. The minimum atomic E-state index is -4.07. The number of carbonyl (C=O) groups is 1. The van der Waals surface area contributed by atoms with Crippen LogP contribution < -0.4 is 9.62 Å². The van der Waals surface area contributed by atoms with Gasteiger partial charge in [-0.25, -0.2) is 8.70 Å². The van der Waals surface area contributed by atoms with Gasteiger partial charge >= 0.3 is 10.2 Å². The smallest absolute Gasteiger partial charge is 0.304 e. The van der Waals surface area contributed by atoms with Gasteiger partial charge in [0.05, 0.1) is 5.69 Å². The number of para-hydroxylation sites is 1. The molecule has 2 aromatic rings. The average molecular weight is 437 g/mol. The molecule has 1 amide bonds. The molecule has 0 aromatic heterocycles. The van der Waals surface area contributed by atoms with Crippen molar-refractivity contribution in [1.82, 2.24) is 9.21 Å². The van der Waals surface area contributed by atoms with E-state index in [1.54, 1.807) is 12.1 Å². The monoisotopic (exact) mass is 436 g/mol. The molecule has 0 radical (unpaired) electrons. The van der Waals surface area contributed by atoms with E-state index in [0.717, 1.165) is 39.9 Å². The van der Waals surface area contributed by atoms with E-state index in [4.69, 9.17) is 0 Å². The van der Waals surface area contributed by atoms with E-state index >= 15 is 0 Å². The van der Waals surface area contributed by atoms with Gasteiger partial charge in [0.25, 0.3) is 0 Å². The molecule has 2 rings (SSSR count). The number of hydrogen-bond donors (Lipinski definition) is 1. The first-order valence-electron chi connectivity index (χ1n) is 9.74. The van der Waals surface area contributed by atoms with Crippen LogP contribution in [0.2, 0.25) is 0 Å². The van der Waals surface area contributed by atoms with Gasteiger partial charge in [0.15, 0.2) is 0 Å². The molecule has 0 spiro atoms. The summed E-state index contributed by atoms with van der Waals surface area (Å²) in [5.74, 6) is -1.29. The topological polar surface area (TPSA) is 73.0 Å². The molecular formula is C21H29FN4O3S. The number of nitrogens with one attached hydrogen (secondary N) is 1. The summed E-state index contributed by atoms with van der Waals surface area (Å²) in [5.41, 5.74) is 1.47. The van der Waals surface area contributed by atoms with Crippen LogP contribution in [0.3, 0.4) is 0 Å². The third-order valence-corrected chi connectivity index (χ3v) is 6.49. The molecule has 0 aliphatic heterocycles. The Balaban J connectivity index is 2.16. The Bertz CT molecular complexity index is 945. The Morgan fingerprint density at radius 3 is 2.13 bits per heavy atom. The van der Waals surface area contributed by atoms with Crippen molar-refractivity contribution < 1.29 is 17.6 Å². The molecule has 164 valence electrons. The van der Waals surface area contributed by atoms with Crippen molar-refractivity contribution in [1.29, 1.82) is 0 Å². The molecule has 30 heavy (non-hydrogen) atoms. The summed E-state index contributed by atoms with van der Waals surface area (Å²) in [7, 11) is -1.41. The Labute approximate surface area is 178 Å². The van der Waals surface area contributed by atoms with Crippen molar-refractivity contribution in [3.63, 3.8) is 0 Å². The third kappa shape index (κ3) is 6.01. The SMILES string of the molecule is CCN(CC)Cc1ccc(NC(=O)CN(c2ccccc2F)S(=O)(=O)N(C)C)cc1. The van der Waals surface area contributed by atoms with Crippen LogP contribution in [-0.2, 0) is 21.5 Å². The maximum absolute atomic E-state index is 14.3. The second kappa shape index (κ2) is 10.5. The number of anilines is 2. The highest BCUT2D eigenvalue weighted by Crippen LogP contribution is 2.23. The fourth-order valence-corrected chi connectivity index (χ4v) is 3.94. The second-order valence-corrected chi connectivity index (χ2v) is 9.02. The second-order valence-electron chi connectivity index (χ2n) is 6.95. The predicted octanol–water partition coefficient (Wildman–Crippen LogP) is 2.92. The first kappa shape index (κ1) is 23.8. The lowest BCUT2D eigenvalue weighted by Crippen LogP contribution is -2.44. The summed E-state index contributed by atoms with van der Waals surface area (Å²) in [6.45, 7) is 6.34. The van der Waals surface area contributed by atoms with E-state index in [-0.39, 0.29) is 5.69 Å². The summed E-state index contributed by atoms with van der Waals surface area (Å²) in [6, 6.07) is 12.8. The number of nitrogens with zero attached hydrogens (tertiary/aromatic N) is 3. The number of halogens is 1. The highest BCUT2D eigenvalue weighted by Gasteiger charge is 2.29. The van der Waals surface area contributed by atoms with Crippen LogP contribution in [0.25, 0.3) is 0 Å². The molecular weight excluding hydrogens is 407 g/mol. The fraction of sp³-hybridized carbons (Fsp3) is 0.381. The van der Waals surface area contributed by atoms with E-state index in [1.165, 1.54) is 32.3 Å². The summed E-state index contributed by atoms with van der Waals surface area (Å²) < 4.78 is 41.3. The van der Waals surface area contributed by atoms with E-state index < -0.39 is 28.5 Å². The number of benzene rings is 2. The average Bonchev–Trinajstić information content (AvgIpc) is 2.72. The Hall–Kier alpha value is -2.49. The highest BCUT2D eigenvalue weighted by atomic mass is 32.2. The molecule has 0 saturated heterocycles. The number of rotatable bonds is 10. The first-order valence-corrected chi connectivity index (χ1v) is 11.1. The molecule has 0 aliphatic carbocycles. The van der Waals surface area contributed by atoms with Gasteiger partial charge < -0.3 is 5.32 Å². The van der Waals surface area contributed by atoms with Crippen LogP contribution in [0, 0.1) is 5.82 Å². The normalized spacial score (nSPS) is 11.7. The Morgan fingerprint density at radius 1 is 1.00 bits per heavy atom. The van der Waals surface area contributed by atoms with Crippen LogP contribution >= 0.6 is 0 Å². The summed E-state index contributed by atoms with van der Waals surface area (Å²) >= 11 is 0. The van der Waals surface area contributed by atoms with Gasteiger partial charge in [0.2, 0.25) is 5.91 Å². The van der Waals surface area contributed by atoms with Gasteiger partial charge in [-0.1, -0.05) is 38.1 Å². The zero-order valence-electron chi connectivity index (χ0n) is 17.8. The van der Waals surface area contributed by atoms with Crippen LogP contribution in [0.1, 0.15) is 19.4 Å². The predicted molar refractivity (Wildman–Crippen MR) is 118 cm³/mol. The van der Waals surface area contributed by atoms with Crippen LogP contribution in [-0.4, -0.2) is 57.3 Å². The maximum Gasteiger partial charge on any atom is 0.304 e. The Morgan fingerprint density at radius 2 is 1.60 bits per heavy atom. The first-order chi connectivity index (χ1) is 14.2. The van der Waals surface area contributed by atoms with Crippen molar-refractivity contribution in [3.05, 3.63) is 59.9 Å². The lowest BCUT2D eigenvalue weighted by Gasteiger charge is -2.27. The molecule has 0 aliphatic rings. The number of amides is 1. The van der Waals surface area contributed by atoms with Crippen molar-refractivity contribution in [3.8, 4) is 0 Å². The molecule has 0 fully saturated rings. The third-order valence-electron chi connectivity index (χ3n) is 4.69. The van der Waals surface area contributed by atoms with Gasteiger partial charge in [-0.2, -0.15) is 12.7 Å². The summed E-state index contributed by atoms with van der Waals surface area (Å²) in [5, 5.41) is 2.68. The molecule has 0 bridgehead atoms. The lowest BCUT2D eigenvalue weighted by atomic mass is 10.2. The van der Waals surface area contributed by atoms with Crippen LogP contribution in [0.5, 0.6) is 0 Å². The zero-order chi connectivity index (χ0) is 22.3. The van der Waals surface area contributed by atoms with E-state index in [1.807, 2.05) is 12.1 Å². The minimum absolute atomic E-state index is 0.184. The summed E-state index contributed by atoms with van der Waals surface area (Å²) in [6.07, 6.45) is 0. The molecule has 0 atom stereocenters. The standard InChI is InChI=1S/C21H29FN4O3S/c1-5-25(6-2)15-17-11-13-18(14-12-17)23-21(27)16-26(30(28,29)24(3)4)20-10-8-7-9-19(20)22/h7-14H,5-6,15-16H2,1-4H3,(H,23,27). The quantitative estimate of drug-likeness (QED) is 0.622. The highest BCUT2D eigenvalue weighted by molar-refractivity contribution is 7.90. The number of hydrogen-bond acceptors (Lipinski definition) is 4. The molecule has 0 unspecified atom stereocenters. The van der Waals surface area contributed by atoms with Gasteiger partial charge in [-0.3, -0.25) is 9.69 Å². The fourth-order valence-electron chi connectivity index (χ4n) is 2.87. The van der Waals surface area contributed by atoms with Crippen LogP contribution in [0.4, 0.5) is 15.8 Å². The Kier molecular flexibility index (Phi) is 8.33. The van der Waals surface area contributed by atoms with E-state index in [9.17, 15) is 17.6 Å². The molecule has 0 saturated carbocycles. The zero-order valence-corrected chi connectivity index (χ0v) is 18.6. The molecule has 1 N–H and O–H groups in total. The maximum atomic E-state index is 14.3. The van der Waals surface area contributed by atoms with Crippen molar-refractivity contribution in [2.45, 2.75) is 20.4 Å². The van der Waals surface area contributed by atoms with E-state index in [2.05, 4.69) is 24.1 Å². The molecule has 7 nitrogen and oxygen atoms in total. The minimum Gasteiger partial charge on any atom is -0.325 e. The largest absolute Gasteiger partial charge is 0.325 e. The van der Waals surface area contributed by atoms with Crippen molar-refractivity contribution in [2.24, 2.45) is 0 Å². The van der Waals surface area contributed by atoms with Crippen molar-refractivity contribution in [2.75, 3.05) is 43.4 Å². The summed E-state index contributed by atoms with van der Waals surface area (Å²) in [4.78, 5) is 14.8. The van der Waals surface area contributed by atoms with Gasteiger partial charge in [0.1, 0.15) is 12.4 Å². The molecule has 0 heterocycles. The van der Waals surface area contributed by atoms with Gasteiger partial charge in [0, 0.05) is 26.3 Å². The van der Waals surface area contributed by atoms with E-state index in [0.29, 0.717) is 5.69 Å². The van der Waals surface area contributed by atoms with Gasteiger partial charge in [-0.15, -0.1) is 0 Å².